The molecule has 0 aromatic heterocycles. The minimum Gasteiger partial charge on any atom is -0.370 e. The number of rotatable bonds is 2. The molecule has 0 bridgehead atoms. The smallest absolute Gasteiger partial charge is 0.370 e. The van der Waals surface area contributed by atoms with Crippen molar-refractivity contribution in [2.45, 2.75) is 26.1 Å². The first-order chi connectivity index (χ1) is 7.80. The molecule has 1 aromatic rings. The molecule has 1 aromatic carbocycles. The second-order valence-electron chi connectivity index (χ2n) is 3.78. The summed E-state index contributed by atoms with van der Waals surface area (Å²) < 4.78 is 37.9. The van der Waals surface area contributed by atoms with Gasteiger partial charge in [0.1, 0.15) is 0 Å². The molecule has 1 rings (SSSR count). The van der Waals surface area contributed by atoms with Crippen molar-refractivity contribution >= 4 is 11.6 Å². The van der Waals surface area contributed by atoms with Gasteiger partial charge >= 0.3 is 6.18 Å². The molecule has 94 valence electrons. The van der Waals surface area contributed by atoms with Gasteiger partial charge in [-0.1, -0.05) is 12.1 Å². The zero-order valence-electron chi connectivity index (χ0n) is 9.55. The molecule has 0 aliphatic heterocycles. The summed E-state index contributed by atoms with van der Waals surface area (Å²) in [4.78, 5) is 3.91. The number of alkyl halides is 3. The number of aliphatic imine (C=N–C) groups is 1. The quantitative estimate of drug-likeness (QED) is 0.621. The van der Waals surface area contributed by atoms with Crippen molar-refractivity contribution in [1.82, 2.24) is 0 Å². The van der Waals surface area contributed by atoms with Crippen LogP contribution in [-0.4, -0.2) is 12.0 Å². The molecule has 0 atom stereocenters. The fourth-order valence-corrected chi connectivity index (χ4v) is 1.29. The number of para-hydroxylation sites is 1. The van der Waals surface area contributed by atoms with Gasteiger partial charge in [-0.05, 0) is 26.0 Å². The molecular weight excluding hydrogens is 231 g/mol. The number of hydrogen-bond acceptors (Lipinski definition) is 1. The van der Waals surface area contributed by atoms with Crippen LogP contribution in [0, 0.1) is 0 Å². The summed E-state index contributed by atoms with van der Waals surface area (Å²) in [7, 11) is 0. The fourth-order valence-electron chi connectivity index (χ4n) is 1.29. The van der Waals surface area contributed by atoms with Gasteiger partial charge in [0.15, 0.2) is 5.96 Å². The Morgan fingerprint density at radius 1 is 1.29 bits per heavy atom. The van der Waals surface area contributed by atoms with Crippen LogP contribution >= 0.6 is 0 Å². The van der Waals surface area contributed by atoms with E-state index in [1.54, 1.807) is 13.8 Å². The molecule has 0 spiro atoms. The molecule has 0 aliphatic rings. The Morgan fingerprint density at radius 3 is 2.41 bits per heavy atom. The third kappa shape index (κ3) is 3.97. The van der Waals surface area contributed by atoms with Gasteiger partial charge < -0.3 is 11.1 Å². The molecular formula is C11H14F3N3. The van der Waals surface area contributed by atoms with E-state index in [1.807, 2.05) is 0 Å². The highest BCUT2D eigenvalue weighted by molar-refractivity contribution is 5.93. The second-order valence-corrected chi connectivity index (χ2v) is 3.78. The predicted molar refractivity (Wildman–Crippen MR) is 61.8 cm³/mol. The zero-order chi connectivity index (χ0) is 13.1. The number of nitrogens with zero attached hydrogens (tertiary/aromatic N) is 1. The van der Waals surface area contributed by atoms with E-state index in [0.717, 1.165) is 6.07 Å². The minimum absolute atomic E-state index is 0.0308. The van der Waals surface area contributed by atoms with E-state index in [-0.39, 0.29) is 17.7 Å². The summed E-state index contributed by atoms with van der Waals surface area (Å²) in [6.45, 7) is 3.56. The topological polar surface area (TPSA) is 50.4 Å². The van der Waals surface area contributed by atoms with Gasteiger partial charge in [-0.2, -0.15) is 13.2 Å². The highest BCUT2D eigenvalue weighted by Crippen LogP contribution is 2.34. The van der Waals surface area contributed by atoms with Crippen LogP contribution in [0.25, 0.3) is 0 Å². The number of nitrogens with one attached hydrogen (secondary N) is 1. The number of benzene rings is 1. The molecule has 0 fully saturated rings. The van der Waals surface area contributed by atoms with Crippen LogP contribution < -0.4 is 11.1 Å². The van der Waals surface area contributed by atoms with E-state index < -0.39 is 11.7 Å². The molecule has 0 heterocycles. The van der Waals surface area contributed by atoms with Gasteiger partial charge in [-0.3, -0.25) is 4.99 Å². The minimum atomic E-state index is -4.41. The van der Waals surface area contributed by atoms with Crippen molar-refractivity contribution in [3.05, 3.63) is 29.8 Å². The van der Waals surface area contributed by atoms with E-state index in [0.29, 0.717) is 0 Å². The normalized spacial score (nSPS) is 12.9. The molecule has 3 N–H and O–H groups in total. The SMILES string of the molecule is CC(C)N=C(N)Nc1ccccc1C(F)(F)F. The van der Waals surface area contributed by atoms with Crippen LogP contribution in [0.4, 0.5) is 18.9 Å². The Bertz CT molecular complexity index is 411. The van der Waals surface area contributed by atoms with E-state index >= 15 is 0 Å². The summed E-state index contributed by atoms with van der Waals surface area (Å²) in [6, 6.07) is 5.04. The summed E-state index contributed by atoms with van der Waals surface area (Å²) in [5.74, 6) is -0.0308. The molecule has 0 amide bonds. The van der Waals surface area contributed by atoms with E-state index in [1.165, 1.54) is 18.2 Å². The van der Waals surface area contributed by atoms with E-state index in [9.17, 15) is 13.2 Å². The lowest BCUT2D eigenvalue weighted by atomic mass is 10.1. The van der Waals surface area contributed by atoms with Gasteiger partial charge in [0, 0.05) is 6.04 Å². The summed E-state index contributed by atoms with van der Waals surface area (Å²) >= 11 is 0. The van der Waals surface area contributed by atoms with Crippen LogP contribution in [0.1, 0.15) is 19.4 Å². The first-order valence-corrected chi connectivity index (χ1v) is 5.07. The van der Waals surface area contributed by atoms with Crippen molar-refractivity contribution in [3.63, 3.8) is 0 Å². The molecule has 3 nitrogen and oxygen atoms in total. The lowest BCUT2D eigenvalue weighted by Gasteiger charge is -2.14. The Hall–Kier alpha value is -1.72. The lowest BCUT2D eigenvalue weighted by molar-refractivity contribution is -0.136. The largest absolute Gasteiger partial charge is 0.418 e. The number of hydrogen-bond donors (Lipinski definition) is 2. The highest BCUT2D eigenvalue weighted by atomic mass is 19.4. The average Bonchev–Trinajstić information content (AvgIpc) is 2.15. The third-order valence-electron chi connectivity index (χ3n) is 1.89. The van der Waals surface area contributed by atoms with Crippen molar-refractivity contribution < 1.29 is 13.2 Å². The van der Waals surface area contributed by atoms with Gasteiger partial charge in [-0.15, -0.1) is 0 Å². The molecule has 6 heteroatoms. The molecule has 17 heavy (non-hydrogen) atoms. The average molecular weight is 245 g/mol. The number of anilines is 1. The van der Waals surface area contributed by atoms with E-state index in [4.69, 9.17) is 5.73 Å². The summed E-state index contributed by atoms with van der Waals surface area (Å²) in [5, 5.41) is 2.46. The number of nitrogens with two attached hydrogens (primary N) is 1. The molecule has 0 aliphatic carbocycles. The molecule has 0 unspecified atom stereocenters. The van der Waals surface area contributed by atoms with Crippen LogP contribution in [0.2, 0.25) is 0 Å². The van der Waals surface area contributed by atoms with Gasteiger partial charge in [0.2, 0.25) is 0 Å². The third-order valence-corrected chi connectivity index (χ3v) is 1.89. The van der Waals surface area contributed by atoms with Crippen LogP contribution in [0.3, 0.4) is 0 Å². The summed E-state index contributed by atoms with van der Waals surface area (Å²) in [6.07, 6.45) is -4.41. The van der Waals surface area contributed by atoms with Crippen molar-refractivity contribution in [2.75, 3.05) is 5.32 Å². The Morgan fingerprint density at radius 2 is 1.88 bits per heavy atom. The van der Waals surface area contributed by atoms with Gasteiger partial charge in [-0.25, -0.2) is 0 Å². The number of halogens is 3. The molecule has 0 saturated carbocycles. The van der Waals surface area contributed by atoms with Crippen molar-refractivity contribution in [3.8, 4) is 0 Å². The second kappa shape index (κ2) is 5.07. The van der Waals surface area contributed by atoms with E-state index in [2.05, 4.69) is 10.3 Å². The first kappa shape index (κ1) is 13.3. The monoisotopic (exact) mass is 245 g/mol. The molecule has 0 saturated heterocycles. The standard InChI is InChI=1S/C11H14F3N3/c1-7(2)16-10(15)17-9-6-4-3-5-8(9)11(12,13)14/h3-7H,1-2H3,(H3,15,16,17). The lowest BCUT2D eigenvalue weighted by Crippen LogP contribution is -2.25. The maximum absolute atomic E-state index is 12.6. The van der Waals surface area contributed by atoms with Crippen molar-refractivity contribution in [1.29, 1.82) is 0 Å². The van der Waals surface area contributed by atoms with Crippen LogP contribution in [-0.2, 0) is 6.18 Å². The van der Waals surface area contributed by atoms with Gasteiger partial charge in [0.25, 0.3) is 0 Å². The molecule has 0 radical (unpaired) electrons. The highest BCUT2D eigenvalue weighted by Gasteiger charge is 2.33. The van der Waals surface area contributed by atoms with Crippen molar-refractivity contribution in [2.24, 2.45) is 10.7 Å². The van der Waals surface area contributed by atoms with Crippen LogP contribution in [0.5, 0.6) is 0 Å². The number of guanidine groups is 1. The predicted octanol–water partition coefficient (Wildman–Crippen LogP) is 2.84. The Balaban J connectivity index is 3.00. The van der Waals surface area contributed by atoms with Gasteiger partial charge in [0.05, 0.1) is 11.3 Å². The van der Waals surface area contributed by atoms with Crippen LogP contribution in [0.15, 0.2) is 29.3 Å². The Kier molecular flexibility index (Phi) is 3.98. The maximum Gasteiger partial charge on any atom is 0.418 e. The fraction of sp³-hybridized carbons (Fsp3) is 0.364. The first-order valence-electron chi connectivity index (χ1n) is 5.07. The Labute approximate surface area is 97.5 Å². The maximum atomic E-state index is 12.6. The zero-order valence-corrected chi connectivity index (χ0v) is 9.55. The summed E-state index contributed by atoms with van der Waals surface area (Å²) in [5.41, 5.74) is 4.63.